The number of nitrogens with one attached hydrogen (secondary N) is 3. The molecular weight excluding hydrogens is 278 g/mol. The van der Waals surface area contributed by atoms with Crippen LogP contribution >= 0.6 is 0 Å². The summed E-state index contributed by atoms with van der Waals surface area (Å²) in [7, 11) is -3.69. The van der Waals surface area contributed by atoms with Gasteiger partial charge < -0.3 is 10.6 Å². The van der Waals surface area contributed by atoms with Gasteiger partial charge in [0.1, 0.15) is 0 Å². The van der Waals surface area contributed by atoms with E-state index in [1.54, 1.807) is 19.1 Å². The zero-order valence-corrected chi connectivity index (χ0v) is 12.8. The predicted octanol–water partition coefficient (Wildman–Crippen LogP) is 0.921. The van der Waals surface area contributed by atoms with Crippen LogP contribution in [-0.4, -0.2) is 33.5 Å². The highest BCUT2D eigenvalue weighted by Gasteiger charge is 2.21. The number of amides is 1. The SMILES string of the molecule is CCNC(=O)C(C)NS(=O)(=O)c1ccc(NCC)cc1. The van der Waals surface area contributed by atoms with Gasteiger partial charge in [-0.1, -0.05) is 0 Å². The first-order valence-corrected chi connectivity index (χ1v) is 8.03. The fraction of sp³-hybridized carbons (Fsp3) is 0.462. The fourth-order valence-corrected chi connectivity index (χ4v) is 2.84. The van der Waals surface area contributed by atoms with E-state index >= 15 is 0 Å². The average Bonchev–Trinajstić information content (AvgIpc) is 2.39. The number of hydrogen-bond acceptors (Lipinski definition) is 4. The number of carbonyl (C=O) groups is 1. The van der Waals surface area contributed by atoms with Gasteiger partial charge >= 0.3 is 0 Å². The van der Waals surface area contributed by atoms with E-state index in [1.807, 2.05) is 6.92 Å². The van der Waals surface area contributed by atoms with Gasteiger partial charge in [-0.15, -0.1) is 0 Å². The third-order valence-corrected chi connectivity index (χ3v) is 4.18. The lowest BCUT2D eigenvalue weighted by atomic mass is 10.3. The monoisotopic (exact) mass is 299 g/mol. The number of hydrogen-bond donors (Lipinski definition) is 3. The van der Waals surface area contributed by atoms with Crippen LogP contribution in [0, 0.1) is 0 Å². The molecule has 1 unspecified atom stereocenters. The molecule has 6 nitrogen and oxygen atoms in total. The van der Waals surface area contributed by atoms with Gasteiger partial charge in [-0.2, -0.15) is 4.72 Å². The molecule has 0 saturated carbocycles. The van der Waals surface area contributed by atoms with E-state index in [9.17, 15) is 13.2 Å². The smallest absolute Gasteiger partial charge is 0.241 e. The van der Waals surface area contributed by atoms with Crippen LogP contribution in [0.25, 0.3) is 0 Å². The summed E-state index contributed by atoms with van der Waals surface area (Å²) in [5.74, 6) is -0.347. The first-order valence-electron chi connectivity index (χ1n) is 6.54. The number of anilines is 1. The molecule has 3 N–H and O–H groups in total. The predicted molar refractivity (Wildman–Crippen MR) is 79.1 cm³/mol. The molecule has 0 aliphatic carbocycles. The number of likely N-dealkylation sites (N-methyl/N-ethyl adjacent to an activating group) is 1. The Morgan fingerprint density at radius 2 is 1.75 bits per heavy atom. The largest absolute Gasteiger partial charge is 0.385 e. The normalized spacial score (nSPS) is 12.8. The summed E-state index contributed by atoms with van der Waals surface area (Å²) in [6.45, 7) is 6.47. The van der Waals surface area contributed by atoms with Crippen molar-refractivity contribution in [3.05, 3.63) is 24.3 Å². The average molecular weight is 299 g/mol. The molecule has 112 valence electrons. The standard InChI is InChI=1S/C13H21N3O3S/c1-4-14-11-6-8-12(9-7-11)20(18,19)16-10(3)13(17)15-5-2/h6-10,14,16H,4-5H2,1-3H3,(H,15,17). The summed E-state index contributed by atoms with van der Waals surface area (Å²) in [6.07, 6.45) is 0. The van der Waals surface area contributed by atoms with E-state index in [0.29, 0.717) is 6.54 Å². The van der Waals surface area contributed by atoms with E-state index < -0.39 is 16.1 Å². The summed E-state index contributed by atoms with van der Waals surface area (Å²) >= 11 is 0. The second-order valence-electron chi connectivity index (χ2n) is 4.29. The molecule has 1 aromatic carbocycles. The highest BCUT2D eigenvalue weighted by Crippen LogP contribution is 2.14. The van der Waals surface area contributed by atoms with Crippen LogP contribution in [0.3, 0.4) is 0 Å². The Morgan fingerprint density at radius 1 is 1.15 bits per heavy atom. The third kappa shape index (κ3) is 4.50. The van der Waals surface area contributed by atoms with Crippen LogP contribution in [0.2, 0.25) is 0 Å². The lowest BCUT2D eigenvalue weighted by molar-refractivity contribution is -0.122. The molecule has 20 heavy (non-hydrogen) atoms. The second kappa shape index (κ2) is 7.25. The van der Waals surface area contributed by atoms with Crippen LogP contribution < -0.4 is 15.4 Å². The molecule has 0 fully saturated rings. The maximum atomic E-state index is 12.1. The van der Waals surface area contributed by atoms with Crippen molar-refractivity contribution in [3.63, 3.8) is 0 Å². The van der Waals surface area contributed by atoms with Crippen molar-refractivity contribution in [2.24, 2.45) is 0 Å². The minimum absolute atomic E-state index is 0.135. The maximum absolute atomic E-state index is 12.1. The van der Waals surface area contributed by atoms with Crippen molar-refractivity contribution >= 4 is 21.6 Å². The first kappa shape index (κ1) is 16.5. The minimum Gasteiger partial charge on any atom is -0.385 e. The summed E-state index contributed by atoms with van der Waals surface area (Å²) in [5, 5.41) is 5.65. The molecule has 1 rings (SSSR count). The molecule has 1 aromatic rings. The molecule has 1 amide bonds. The van der Waals surface area contributed by atoms with Gasteiger partial charge in [0.05, 0.1) is 10.9 Å². The molecule has 0 aliphatic heterocycles. The second-order valence-corrected chi connectivity index (χ2v) is 6.01. The fourth-order valence-electron chi connectivity index (χ4n) is 1.64. The van der Waals surface area contributed by atoms with Crippen LogP contribution in [0.1, 0.15) is 20.8 Å². The van der Waals surface area contributed by atoms with Gasteiger partial charge in [-0.05, 0) is 45.0 Å². The summed E-state index contributed by atoms with van der Waals surface area (Å²) in [5.41, 5.74) is 0.850. The number of sulfonamides is 1. The van der Waals surface area contributed by atoms with Crippen LogP contribution in [0.15, 0.2) is 29.2 Å². The van der Waals surface area contributed by atoms with Crippen molar-refractivity contribution in [1.82, 2.24) is 10.0 Å². The van der Waals surface area contributed by atoms with Gasteiger partial charge in [-0.25, -0.2) is 8.42 Å². The first-order chi connectivity index (χ1) is 9.40. The van der Waals surface area contributed by atoms with Gasteiger partial charge in [0, 0.05) is 18.8 Å². The van der Waals surface area contributed by atoms with Crippen molar-refractivity contribution in [2.75, 3.05) is 18.4 Å². The van der Waals surface area contributed by atoms with Crippen molar-refractivity contribution in [3.8, 4) is 0 Å². The Bertz CT molecular complexity index is 540. The molecule has 0 aromatic heterocycles. The van der Waals surface area contributed by atoms with Crippen molar-refractivity contribution < 1.29 is 13.2 Å². The van der Waals surface area contributed by atoms with Crippen LogP contribution in [0.5, 0.6) is 0 Å². The topological polar surface area (TPSA) is 87.3 Å². The van der Waals surface area contributed by atoms with E-state index in [4.69, 9.17) is 0 Å². The summed E-state index contributed by atoms with van der Waals surface area (Å²) < 4.78 is 26.6. The Labute approximate surface area is 120 Å². The van der Waals surface area contributed by atoms with Crippen LogP contribution in [0.4, 0.5) is 5.69 Å². The molecule has 0 saturated heterocycles. The molecule has 0 heterocycles. The Hall–Kier alpha value is -1.60. The molecular formula is C13H21N3O3S. The Morgan fingerprint density at radius 3 is 2.25 bits per heavy atom. The molecule has 0 spiro atoms. The van der Waals surface area contributed by atoms with Gasteiger partial charge in [0.15, 0.2) is 0 Å². The molecule has 1 atom stereocenters. The van der Waals surface area contributed by atoms with E-state index in [1.165, 1.54) is 19.1 Å². The van der Waals surface area contributed by atoms with E-state index in [0.717, 1.165) is 12.2 Å². The summed E-state index contributed by atoms with van der Waals surface area (Å²) in [6, 6.07) is 5.58. The van der Waals surface area contributed by atoms with Crippen molar-refractivity contribution in [1.29, 1.82) is 0 Å². The number of benzene rings is 1. The zero-order valence-electron chi connectivity index (χ0n) is 11.9. The molecule has 0 aliphatic rings. The van der Waals surface area contributed by atoms with Gasteiger partial charge in [-0.3, -0.25) is 4.79 Å². The van der Waals surface area contributed by atoms with Crippen LogP contribution in [-0.2, 0) is 14.8 Å². The molecule has 0 bridgehead atoms. The third-order valence-electron chi connectivity index (χ3n) is 2.62. The van der Waals surface area contributed by atoms with Gasteiger partial charge in [0.25, 0.3) is 0 Å². The number of rotatable bonds is 7. The Kier molecular flexibility index (Phi) is 5.97. The molecule has 0 radical (unpaired) electrons. The highest BCUT2D eigenvalue weighted by atomic mass is 32.2. The summed E-state index contributed by atoms with van der Waals surface area (Å²) in [4.78, 5) is 11.7. The van der Waals surface area contributed by atoms with E-state index in [-0.39, 0.29) is 10.8 Å². The highest BCUT2D eigenvalue weighted by molar-refractivity contribution is 7.89. The molecule has 7 heteroatoms. The maximum Gasteiger partial charge on any atom is 0.241 e. The quantitative estimate of drug-likeness (QED) is 0.699. The van der Waals surface area contributed by atoms with Crippen molar-refractivity contribution in [2.45, 2.75) is 31.7 Å². The minimum atomic E-state index is -3.69. The Balaban J connectivity index is 2.80. The zero-order chi connectivity index (χ0) is 15.2. The lowest BCUT2D eigenvalue weighted by Gasteiger charge is -2.14. The lowest BCUT2D eigenvalue weighted by Crippen LogP contribution is -2.44. The van der Waals surface area contributed by atoms with Gasteiger partial charge in [0.2, 0.25) is 15.9 Å². The van der Waals surface area contributed by atoms with E-state index in [2.05, 4.69) is 15.4 Å². The number of carbonyl (C=O) groups excluding carboxylic acids is 1.